The Balaban J connectivity index is 3.24. The maximum Gasteiger partial charge on any atom is 0.338 e. The second kappa shape index (κ2) is 4.73. The largest absolute Gasteiger partial charge is 0.462 e. The van der Waals surface area contributed by atoms with E-state index in [2.05, 4.69) is 0 Å². The average molecular weight is 206 g/mol. The minimum absolute atomic E-state index is 0.310. The molecular weight excluding hydrogens is 192 g/mol. The van der Waals surface area contributed by atoms with Crippen molar-refractivity contribution in [2.45, 2.75) is 20.8 Å². The first kappa shape index (κ1) is 11.4. The summed E-state index contributed by atoms with van der Waals surface area (Å²) in [6, 6.07) is 3.44. The molecule has 0 fully saturated rings. The van der Waals surface area contributed by atoms with Crippen LogP contribution in [0.1, 0.15) is 38.8 Å². The van der Waals surface area contributed by atoms with Crippen LogP contribution in [0.2, 0.25) is 0 Å². The molecule has 0 aromatic heterocycles. The molecule has 0 atom stereocenters. The molecular formula is C12H14O3. The number of carbonyl (C=O) groups is 2. The van der Waals surface area contributed by atoms with Crippen molar-refractivity contribution in [2.75, 3.05) is 6.61 Å². The summed E-state index contributed by atoms with van der Waals surface area (Å²) in [4.78, 5) is 22.4. The van der Waals surface area contributed by atoms with Crippen LogP contribution in [0.5, 0.6) is 0 Å². The third-order valence-corrected chi connectivity index (χ3v) is 2.40. The molecule has 0 unspecified atom stereocenters. The van der Waals surface area contributed by atoms with Gasteiger partial charge in [0.15, 0.2) is 6.29 Å². The summed E-state index contributed by atoms with van der Waals surface area (Å²) >= 11 is 0. The highest BCUT2D eigenvalue weighted by Gasteiger charge is 2.14. The van der Waals surface area contributed by atoms with Gasteiger partial charge in [0.25, 0.3) is 0 Å². The molecule has 0 aliphatic heterocycles. The first-order chi connectivity index (χ1) is 7.11. The topological polar surface area (TPSA) is 43.4 Å². The van der Waals surface area contributed by atoms with Crippen LogP contribution < -0.4 is 0 Å². The zero-order valence-corrected chi connectivity index (χ0v) is 9.16. The average Bonchev–Trinajstić information content (AvgIpc) is 2.22. The summed E-state index contributed by atoms with van der Waals surface area (Å²) in [5.74, 6) is -0.442. The van der Waals surface area contributed by atoms with Crippen molar-refractivity contribution in [2.24, 2.45) is 0 Å². The minimum Gasteiger partial charge on any atom is -0.462 e. The summed E-state index contributed by atoms with van der Waals surface area (Å²) in [5, 5.41) is 0. The van der Waals surface area contributed by atoms with Gasteiger partial charge >= 0.3 is 5.97 Å². The van der Waals surface area contributed by atoms with Gasteiger partial charge in [-0.3, -0.25) is 4.79 Å². The van der Waals surface area contributed by atoms with Gasteiger partial charge < -0.3 is 4.74 Å². The van der Waals surface area contributed by atoms with Crippen LogP contribution in [0.4, 0.5) is 0 Å². The van der Waals surface area contributed by atoms with E-state index < -0.39 is 5.97 Å². The normalized spacial score (nSPS) is 9.80. The van der Waals surface area contributed by atoms with Crippen LogP contribution >= 0.6 is 0 Å². The molecule has 0 spiro atoms. The molecule has 15 heavy (non-hydrogen) atoms. The third-order valence-electron chi connectivity index (χ3n) is 2.40. The fourth-order valence-corrected chi connectivity index (χ4v) is 1.38. The second-order valence-electron chi connectivity index (χ2n) is 3.31. The maximum absolute atomic E-state index is 11.5. The summed E-state index contributed by atoms with van der Waals surface area (Å²) in [6.45, 7) is 5.77. The zero-order valence-electron chi connectivity index (χ0n) is 9.16. The van der Waals surface area contributed by atoms with Gasteiger partial charge in [-0.25, -0.2) is 4.79 Å². The number of esters is 1. The fraction of sp³-hybridized carbons (Fsp3) is 0.333. The van der Waals surface area contributed by atoms with Crippen molar-refractivity contribution in [1.82, 2.24) is 0 Å². The lowest BCUT2D eigenvalue weighted by Crippen LogP contribution is -2.09. The molecule has 0 radical (unpaired) electrons. The van der Waals surface area contributed by atoms with Gasteiger partial charge in [-0.2, -0.15) is 0 Å². The first-order valence-electron chi connectivity index (χ1n) is 4.84. The van der Waals surface area contributed by atoms with E-state index in [1.165, 1.54) is 0 Å². The van der Waals surface area contributed by atoms with Gasteiger partial charge in [-0.1, -0.05) is 6.07 Å². The van der Waals surface area contributed by atoms with Crippen molar-refractivity contribution >= 4 is 12.3 Å². The van der Waals surface area contributed by atoms with Crippen molar-refractivity contribution in [3.63, 3.8) is 0 Å². The fourth-order valence-electron chi connectivity index (χ4n) is 1.38. The molecule has 0 aliphatic carbocycles. The maximum atomic E-state index is 11.5. The van der Waals surface area contributed by atoms with Gasteiger partial charge in [-0.15, -0.1) is 0 Å². The molecule has 3 nitrogen and oxygen atoms in total. The summed E-state index contributed by atoms with van der Waals surface area (Å²) in [7, 11) is 0. The summed E-state index contributed by atoms with van der Waals surface area (Å²) in [5.41, 5.74) is 2.59. The lowest BCUT2D eigenvalue weighted by atomic mass is 9.99. The molecule has 0 heterocycles. The SMILES string of the molecule is CCOC(=O)c1ccc(C)c(C)c1C=O. The zero-order chi connectivity index (χ0) is 11.4. The van der Waals surface area contributed by atoms with Crippen molar-refractivity contribution in [3.8, 4) is 0 Å². The Hall–Kier alpha value is -1.64. The number of hydrogen-bond donors (Lipinski definition) is 0. The number of benzene rings is 1. The number of ether oxygens (including phenoxy) is 1. The van der Waals surface area contributed by atoms with E-state index >= 15 is 0 Å². The Bertz CT molecular complexity index is 394. The standard InChI is InChI=1S/C12H14O3/c1-4-15-12(14)10-6-5-8(2)9(3)11(10)7-13/h5-7H,4H2,1-3H3. The van der Waals surface area contributed by atoms with Gasteiger partial charge in [0, 0.05) is 5.56 Å². The lowest BCUT2D eigenvalue weighted by Gasteiger charge is -2.08. The van der Waals surface area contributed by atoms with Crippen molar-refractivity contribution < 1.29 is 14.3 Å². The number of hydrogen-bond acceptors (Lipinski definition) is 3. The van der Waals surface area contributed by atoms with Gasteiger partial charge in [-0.05, 0) is 38.0 Å². The van der Waals surface area contributed by atoms with Crippen molar-refractivity contribution in [1.29, 1.82) is 0 Å². The Morgan fingerprint density at radius 3 is 2.60 bits per heavy atom. The van der Waals surface area contributed by atoms with E-state index in [9.17, 15) is 9.59 Å². The predicted octanol–water partition coefficient (Wildman–Crippen LogP) is 2.29. The summed E-state index contributed by atoms with van der Waals surface area (Å²) in [6.07, 6.45) is 0.703. The van der Waals surface area contributed by atoms with Crippen molar-refractivity contribution in [3.05, 3.63) is 34.4 Å². The van der Waals surface area contributed by atoms with Crippen LogP contribution in [0, 0.1) is 13.8 Å². The molecule has 3 heteroatoms. The van der Waals surface area contributed by atoms with Crippen LogP contribution in [-0.2, 0) is 4.74 Å². The Labute approximate surface area is 89.1 Å². The first-order valence-corrected chi connectivity index (χ1v) is 4.84. The Morgan fingerprint density at radius 2 is 2.07 bits per heavy atom. The highest BCUT2D eigenvalue weighted by Crippen LogP contribution is 2.17. The third kappa shape index (κ3) is 2.24. The molecule has 0 amide bonds. The molecule has 0 saturated carbocycles. The van der Waals surface area contributed by atoms with Crippen LogP contribution in [0.3, 0.4) is 0 Å². The molecule has 0 bridgehead atoms. The molecule has 0 N–H and O–H groups in total. The van der Waals surface area contributed by atoms with Gasteiger partial charge in [0.2, 0.25) is 0 Å². The van der Waals surface area contributed by atoms with Crippen LogP contribution in [-0.4, -0.2) is 18.9 Å². The number of aldehydes is 1. The van der Waals surface area contributed by atoms with Crippen LogP contribution in [0.15, 0.2) is 12.1 Å². The van der Waals surface area contributed by atoms with E-state index in [-0.39, 0.29) is 0 Å². The minimum atomic E-state index is -0.442. The monoisotopic (exact) mass is 206 g/mol. The highest BCUT2D eigenvalue weighted by molar-refractivity contribution is 5.99. The number of carbonyl (C=O) groups excluding carboxylic acids is 2. The van der Waals surface area contributed by atoms with E-state index in [1.54, 1.807) is 13.0 Å². The van der Waals surface area contributed by atoms with Gasteiger partial charge in [0.1, 0.15) is 0 Å². The molecule has 1 aromatic carbocycles. The van der Waals surface area contributed by atoms with Crippen LogP contribution in [0.25, 0.3) is 0 Å². The molecule has 0 saturated heterocycles. The smallest absolute Gasteiger partial charge is 0.338 e. The highest BCUT2D eigenvalue weighted by atomic mass is 16.5. The Morgan fingerprint density at radius 1 is 1.40 bits per heavy atom. The molecule has 1 rings (SSSR count). The van der Waals surface area contributed by atoms with E-state index in [4.69, 9.17) is 4.74 Å². The predicted molar refractivity (Wildman–Crippen MR) is 57.3 cm³/mol. The molecule has 0 aliphatic rings. The molecule has 80 valence electrons. The molecule has 1 aromatic rings. The lowest BCUT2D eigenvalue weighted by molar-refractivity contribution is 0.0524. The summed E-state index contributed by atoms with van der Waals surface area (Å²) < 4.78 is 4.87. The quantitative estimate of drug-likeness (QED) is 0.563. The Kier molecular flexibility index (Phi) is 3.61. The van der Waals surface area contributed by atoms with Gasteiger partial charge in [0.05, 0.1) is 12.2 Å². The second-order valence-corrected chi connectivity index (χ2v) is 3.31. The number of rotatable bonds is 3. The van der Waals surface area contributed by atoms with E-state index in [0.717, 1.165) is 11.1 Å². The van der Waals surface area contributed by atoms with E-state index in [1.807, 2.05) is 19.9 Å². The van der Waals surface area contributed by atoms with E-state index in [0.29, 0.717) is 24.0 Å². The number of aryl methyl sites for hydroxylation is 1.